The van der Waals surface area contributed by atoms with Crippen molar-refractivity contribution >= 4 is 33.3 Å². The second-order valence-electron chi connectivity index (χ2n) is 3.86. The van der Waals surface area contributed by atoms with Crippen molar-refractivity contribution < 1.29 is 13.6 Å². The average molecular weight is 342 g/mol. The van der Waals surface area contributed by atoms with Crippen molar-refractivity contribution in [2.24, 2.45) is 0 Å². The van der Waals surface area contributed by atoms with E-state index in [-0.39, 0.29) is 10.2 Å². The zero-order valence-electron chi connectivity index (χ0n) is 10.4. The van der Waals surface area contributed by atoms with Crippen molar-refractivity contribution in [2.45, 2.75) is 0 Å². The molecule has 104 valence electrons. The molecule has 0 spiro atoms. The fourth-order valence-corrected chi connectivity index (χ4v) is 1.94. The van der Waals surface area contributed by atoms with Crippen molar-refractivity contribution in [3.63, 3.8) is 0 Å². The quantitative estimate of drug-likeness (QED) is 0.899. The fraction of sp³-hybridized carbons (Fsp3) is 0.0769. The highest BCUT2D eigenvalue weighted by Gasteiger charge is 2.15. The van der Waals surface area contributed by atoms with Gasteiger partial charge in [0.25, 0.3) is 5.91 Å². The minimum atomic E-state index is -0.866. The van der Waals surface area contributed by atoms with Crippen LogP contribution in [0.1, 0.15) is 10.5 Å². The highest BCUT2D eigenvalue weighted by molar-refractivity contribution is 9.10. The Kier molecular flexibility index (Phi) is 4.29. The van der Waals surface area contributed by atoms with E-state index < -0.39 is 23.2 Å². The summed E-state index contributed by atoms with van der Waals surface area (Å²) in [6.07, 6.45) is 0. The normalized spacial score (nSPS) is 10.2. The van der Waals surface area contributed by atoms with Gasteiger partial charge in [-0.3, -0.25) is 4.79 Å². The molecule has 0 bridgehead atoms. The predicted molar refractivity (Wildman–Crippen MR) is 75.8 cm³/mol. The lowest BCUT2D eigenvalue weighted by atomic mass is 10.2. The van der Waals surface area contributed by atoms with Gasteiger partial charge in [0, 0.05) is 11.5 Å². The number of carbonyl (C=O) groups excluding carboxylic acids is 1. The maximum atomic E-state index is 13.6. The lowest BCUT2D eigenvalue weighted by Gasteiger charge is -2.08. The first kappa shape index (κ1) is 14.4. The third-order valence-electron chi connectivity index (χ3n) is 2.48. The summed E-state index contributed by atoms with van der Waals surface area (Å²) in [7, 11) is 1.65. The third-order valence-corrected chi connectivity index (χ3v) is 2.94. The monoisotopic (exact) mass is 341 g/mol. The molecule has 7 heteroatoms. The molecule has 0 saturated carbocycles. The van der Waals surface area contributed by atoms with E-state index in [2.05, 4.69) is 31.5 Å². The molecule has 0 unspecified atom stereocenters. The van der Waals surface area contributed by atoms with Gasteiger partial charge in [-0.1, -0.05) is 22.0 Å². The number of pyridine rings is 1. The van der Waals surface area contributed by atoms with E-state index in [0.717, 1.165) is 12.1 Å². The van der Waals surface area contributed by atoms with Crippen molar-refractivity contribution in [2.75, 3.05) is 17.7 Å². The first-order chi connectivity index (χ1) is 9.51. The minimum Gasteiger partial charge on any atom is -0.373 e. The molecule has 0 radical (unpaired) electrons. The van der Waals surface area contributed by atoms with Crippen LogP contribution < -0.4 is 10.6 Å². The van der Waals surface area contributed by atoms with E-state index in [9.17, 15) is 13.6 Å². The first-order valence-corrected chi connectivity index (χ1v) is 6.41. The number of aromatic nitrogens is 1. The molecule has 2 rings (SSSR count). The van der Waals surface area contributed by atoms with Crippen LogP contribution >= 0.6 is 15.9 Å². The smallest absolute Gasteiger partial charge is 0.274 e. The summed E-state index contributed by atoms with van der Waals surface area (Å²) in [6.45, 7) is 0. The van der Waals surface area contributed by atoms with Gasteiger partial charge in [-0.2, -0.15) is 0 Å². The average Bonchev–Trinajstić information content (AvgIpc) is 2.42. The standard InChI is InChI=1S/C13H10BrF2N3O/c1-17-11-4-2-3-10(18-11)13(20)19-12-8(15)5-7(14)6-9(12)16/h2-6H,1H3,(H,17,18)(H,19,20). The highest BCUT2D eigenvalue weighted by atomic mass is 79.9. The Balaban J connectivity index is 2.28. The van der Waals surface area contributed by atoms with Gasteiger partial charge in [0.1, 0.15) is 17.2 Å². The zero-order valence-corrected chi connectivity index (χ0v) is 12.0. The molecular weight excluding hydrogens is 332 g/mol. The first-order valence-electron chi connectivity index (χ1n) is 5.62. The molecule has 1 aromatic carbocycles. The van der Waals surface area contributed by atoms with Crippen molar-refractivity contribution in [1.82, 2.24) is 4.98 Å². The summed E-state index contributed by atoms with van der Waals surface area (Å²) in [6, 6.07) is 6.86. The van der Waals surface area contributed by atoms with Crippen molar-refractivity contribution in [1.29, 1.82) is 0 Å². The molecule has 2 N–H and O–H groups in total. The number of hydrogen-bond acceptors (Lipinski definition) is 3. The third kappa shape index (κ3) is 3.11. The molecular formula is C13H10BrF2N3O. The summed E-state index contributed by atoms with van der Waals surface area (Å²) in [5.74, 6) is -1.94. The summed E-state index contributed by atoms with van der Waals surface area (Å²) in [4.78, 5) is 15.9. The molecule has 0 aliphatic rings. The van der Waals surface area contributed by atoms with Crippen LogP contribution in [0.2, 0.25) is 0 Å². The molecule has 1 heterocycles. The van der Waals surface area contributed by atoms with Gasteiger partial charge < -0.3 is 10.6 Å². The van der Waals surface area contributed by atoms with E-state index in [0.29, 0.717) is 5.82 Å². The largest absolute Gasteiger partial charge is 0.373 e. The molecule has 0 fully saturated rings. The number of nitrogens with zero attached hydrogens (tertiary/aromatic N) is 1. The van der Waals surface area contributed by atoms with Crippen molar-refractivity contribution in [3.05, 3.63) is 52.1 Å². The summed E-state index contributed by atoms with van der Waals surface area (Å²) in [5.41, 5.74) is -0.451. The Morgan fingerprint density at radius 1 is 1.25 bits per heavy atom. The van der Waals surface area contributed by atoms with Crippen LogP contribution in [-0.4, -0.2) is 17.9 Å². The molecule has 20 heavy (non-hydrogen) atoms. The second kappa shape index (κ2) is 5.96. The van der Waals surface area contributed by atoms with Gasteiger partial charge >= 0.3 is 0 Å². The zero-order chi connectivity index (χ0) is 14.7. The molecule has 4 nitrogen and oxygen atoms in total. The molecule has 0 atom stereocenters. The second-order valence-corrected chi connectivity index (χ2v) is 4.77. The molecule has 2 aromatic rings. The van der Waals surface area contributed by atoms with Gasteiger partial charge in [-0.05, 0) is 24.3 Å². The van der Waals surface area contributed by atoms with Gasteiger partial charge in [-0.15, -0.1) is 0 Å². The summed E-state index contributed by atoms with van der Waals surface area (Å²) in [5, 5.41) is 4.94. The predicted octanol–water partition coefficient (Wildman–Crippen LogP) is 3.42. The Bertz CT molecular complexity index is 641. The number of halogens is 3. The lowest BCUT2D eigenvalue weighted by Crippen LogP contribution is -2.16. The Labute approximate surface area is 122 Å². The van der Waals surface area contributed by atoms with E-state index in [1.165, 1.54) is 6.07 Å². The Hall–Kier alpha value is -2.02. The van der Waals surface area contributed by atoms with Crippen LogP contribution in [0.25, 0.3) is 0 Å². The van der Waals surface area contributed by atoms with E-state index in [1.807, 2.05) is 0 Å². The number of rotatable bonds is 3. The highest BCUT2D eigenvalue weighted by Crippen LogP contribution is 2.24. The Morgan fingerprint density at radius 2 is 1.90 bits per heavy atom. The maximum absolute atomic E-state index is 13.6. The lowest BCUT2D eigenvalue weighted by molar-refractivity contribution is 0.102. The maximum Gasteiger partial charge on any atom is 0.274 e. The minimum absolute atomic E-state index is 0.0542. The van der Waals surface area contributed by atoms with Gasteiger partial charge in [-0.25, -0.2) is 13.8 Å². The molecule has 0 saturated heterocycles. The van der Waals surface area contributed by atoms with Crippen LogP contribution in [0.3, 0.4) is 0 Å². The van der Waals surface area contributed by atoms with Gasteiger partial charge in [0.2, 0.25) is 0 Å². The topological polar surface area (TPSA) is 54.0 Å². The molecule has 0 aliphatic heterocycles. The van der Waals surface area contributed by atoms with Crippen LogP contribution in [0.5, 0.6) is 0 Å². The SMILES string of the molecule is CNc1cccc(C(=O)Nc2c(F)cc(Br)cc2F)n1. The number of nitrogens with one attached hydrogen (secondary N) is 2. The van der Waals surface area contributed by atoms with Crippen LogP contribution in [0, 0.1) is 11.6 Å². The van der Waals surface area contributed by atoms with E-state index >= 15 is 0 Å². The number of hydrogen-bond donors (Lipinski definition) is 2. The van der Waals surface area contributed by atoms with Crippen LogP contribution in [0.4, 0.5) is 20.3 Å². The summed E-state index contributed by atoms with van der Waals surface area (Å²) >= 11 is 2.96. The van der Waals surface area contributed by atoms with Gasteiger partial charge in [0.05, 0.1) is 0 Å². The number of anilines is 2. The van der Waals surface area contributed by atoms with Gasteiger partial charge in [0.15, 0.2) is 11.6 Å². The number of benzene rings is 1. The van der Waals surface area contributed by atoms with Crippen LogP contribution in [-0.2, 0) is 0 Å². The summed E-state index contributed by atoms with van der Waals surface area (Å²) < 4.78 is 27.5. The number of carbonyl (C=O) groups is 1. The molecule has 1 aromatic heterocycles. The van der Waals surface area contributed by atoms with Crippen molar-refractivity contribution in [3.8, 4) is 0 Å². The van der Waals surface area contributed by atoms with E-state index in [1.54, 1.807) is 19.2 Å². The van der Waals surface area contributed by atoms with E-state index in [4.69, 9.17) is 0 Å². The molecule has 0 aliphatic carbocycles. The molecule has 1 amide bonds. The fourth-order valence-electron chi connectivity index (χ4n) is 1.54. The number of amides is 1. The van der Waals surface area contributed by atoms with Crippen LogP contribution in [0.15, 0.2) is 34.8 Å². The Morgan fingerprint density at radius 3 is 2.50 bits per heavy atom.